The van der Waals surface area contributed by atoms with Crippen LogP contribution in [-0.4, -0.2) is 11.9 Å². The van der Waals surface area contributed by atoms with Gasteiger partial charge in [-0.25, -0.2) is 0 Å². The number of hydrogen-bond acceptors (Lipinski definition) is 3. The Morgan fingerprint density at radius 2 is 1.90 bits per heavy atom. The fourth-order valence-electron chi connectivity index (χ4n) is 1.72. The molecule has 0 saturated heterocycles. The van der Waals surface area contributed by atoms with Crippen molar-refractivity contribution < 1.29 is 4.79 Å². The van der Waals surface area contributed by atoms with Crippen molar-refractivity contribution in [2.75, 3.05) is 5.32 Å². The highest BCUT2D eigenvalue weighted by Crippen LogP contribution is 2.30. The SMILES string of the molecule is CCC(N)C(=O)Nc1cccc(Sc2cccc(Cl)c2)c1. The first-order valence-corrected chi connectivity index (χ1v) is 7.88. The number of rotatable bonds is 5. The van der Waals surface area contributed by atoms with E-state index in [2.05, 4.69) is 5.32 Å². The van der Waals surface area contributed by atoms with E-state index in [0.29, 0.717) is 11.4 Å². The van der Waals surface area contributed by atoms with Gasteiger partial charge in [0, 0.05) is 20.5 Å². The summed E-state index contributed by atoms with van der Waals surface area (Å²) in [4.78, 5) is 13.9. The van der Waals surface area contributed by atoms with Gasteiger partial charge in [0.1, 0.15) is 0 Å². The summed E-state index contributed by atoms with van der Waals surface area (Å²) in [7, 11) is 0. The van der Waals surface area contributed by atoms with Crippen molar-refractivity contribution in [3.05, 3.63) is 53.6 Å². The number of benzene rings is 2. The van der Waals surface area contributed by atoms with E-state index < -0.39 is 6.04 Å². The molecule has 0 radical (unpaired) electrons. The molecular weight excluding hydrogens is 304 g/mol. The van der Waals surface area contributed by atoms with Crippen molar-refractivity contribution in [1.29, 1.82) is 0 Å². The second kappa shape index (κ2) is 7.50. The molecule has 0 saturated carbocycles. The molecule has 0 fully saturated rings. The first kappa shape index (κ1) is 15.9. The van der Waals surface area contributed by atoms with Crippen LogP contribution in [-0.2, 0) is 4.79 Å². The zero-order chi connectivity index (χ0) is 15.2. The molecule has 0 bridgehead atoms. The van der Waals surface area contributed by atoms with Gasteiger partial charge in [-0.05, 0) is 42.8 Å². The standard InChI is InChI=1S/C16H17ClN2OS/c1-2-15(18)16(20)19-12-6-4-8-14(10-12)21-13-7-3-5-11(17)9-13/h3-10,15H,2,18H2,1H3,(H,19,20). The highest BCUT2D eigenvalue weighted by atomic mass is 35.5. The Bertz CT molecular complexity index is 633. The molecule has 1 amide bonds. The van der Waals surface area contributed by atoms with Crippen LogP contribution in [0.1, 0.15) is 13.3 Å². The summed E-state index contributed by atoms with van der Waals surface area (Å²) >= 11 is 7.57. The third kappa shape index (κ3) is 4.77. The van der Waals surface area contributed by atoms with Gasteiger partial charge < -0.3 is 11.1 Å². The first-order valence-electron chi connectivity index (χ1n) is 6.68. The van der Waals surface area contributed by atoms with E-state index in [1.165, 1.54) is 0 Å². The lowest BCUT2D eigenvalue weighted by Gasteiger charge is -2.11. The lowest BCUT2D eigenvalue weighted by Crippen LogP contribution is -2.34. The number of nitrogens with two attached hydrogens (primary N) is 1. The minimum atomic E-state index is -0.478. The van der Waals surface area contributed by atoms with Gasteiger partial charge in [0.2, 0.25) is 5.91 Å². The Hall–Kier alpha value is -1.49. The summed E-state index contributed by atoms with van der Waals surface area (Å²) in [5.74, 6) is -0.164. The highest BCUT2D eigenvalue weighted by Gasteiger charge is 2.11. The molecule has 3 nitrogen and oxygen atoms in total. The topological polar surface area (TPSA) is 55.1 Å². The molecule has 21 heavy (non-hydrogen) atoms. The molecule has 0 aliphatic heterocycles. The number of halogens is 1. The van der Waals surface area contributed by atoms with Crippen molar-refractivity contribution >= 4 is 35.0 Å². The van der Waals surface area contributed by atoms with Gasteiger partial charge in [-0.15, -0.1) is 0 Å². The third-order valence-electron chi connectivity index (χ3n) is 2.91. The average Bonchev–Trinajstić information content (AvgIpc) is 2.46. The van der Waals surface area contributed by atoms with Gasteiger partial charge in [-0.1, -0.05) is 42.4 Å². The number of carbonyl (C=O) groups excluding carboxylic acids is 1. The third-order valence-corrected chi connectivity index (χ3v) is 4.12. The van der Waals surface area contributed by atoms with Gasteiger partial charge in [0.15, 0.2) is 0 Å². The molecule has 0 spiro atoms. The number of nitrogens with one attached hydrogen (secondary N) is 1. The molecular formula is C16H17ClN2OS. The van der Waals surface area contributed by atoms with Gasteiger partial charge in [0.05, 0.1) is 6.04 Å². The van der Waals surface area contributed by atoms with Crippen LogP contribution in [0.4, 0.5) is 5.69 Å². The second-order valence-electron chi connectivity index (χ2n) is 4.59. The molecule has 0 aliphatic rings. The van der Waals surface area contributed by atoms with Gasteiger partial charge >= 0.3 is 0 Å². The monoisotopic (exact) mass is 320 g/mol. The largest absolute Gasteiger partial charge is 0.325 e. The van der Waals surface area contributed by atoms with Crippen molar-refractivity contribution in [1.82, 2.24) is 0 Å². The number of carbonyl (C=O) groups is 1. The van der Waals surface area contributed by atoms with E-state index in [0.717, 1.165) is 15.5 Å². The summed E-state index contributed by atoms with van der Waals surface area (Å²) < 4.78 is 0. The lowest BCUT2D eigenvalue weighted by atomic mass is 10.2. The predicted molar refractivity (Wildman–Crippen MR) is 88.9 cm³/mol. The van der Waals surface area contributed by atoms with Crippen molar-refractivity contribution in [3.8, 4) is 0 Å². The molecule has 0 heterocycles. The Balaban J connectivity index is 2.09. The van der Waals surface area contributed by atoms with Crippen LogP contribution in [0.25, 0.3) is 0 Å². The molecule has 0 aliphatic carbocycles. The van der Waals surface area contributed by atoms with Crippen LogP contribution in [0.2, 0.25) is 5.02 Å². The first-order chi connectivity index (χ1) is 10.1. The number of anilines is 1. The minimum Gasteiger partial charge on any atom is -0.325 e. The summed E-state index contributed by atoms with van der Waals surface area (Å²) in [5.41, 5.74) is 6.46. The van der Waals surface area contributed by atoms with E-state index >= 15 is 0 Å². The predicted octanol–water partition coefficient (Wildman–Crippen LogP) is 4.17. The van der Waals surface area contributed by atoms with Crippen LogP contribution in [0.15, 0.2) is 58.3 Å². The Morgan fingerprint density at radius 1 is 1.24 bits per heavy atom. The van der Waals surface area contributed by atoms with E-state index in [-0.39, 0.29) is 5.91 Å². The van der Waals surface area contributed by atoms with Gasteiger partial charge in [0.25, 0.3) is 0 Å². The van der Waals surface area contributed by atoms with Crippen LogP contribution in [0.3, 0.4) is 0 Å². The molecule has 3 N–H and O–H groups in total. The zero-order valence-electron chi connectivity index (χ0n) is 11.7. The Kier molecular flexibility index (Phi) is 5.67. The number of amides is 1. The average molecular weight is 321 g/mol. The van der Waals surface area contributed by atoms with Crippen LogP contribution < -0.4 is 11.1 Å². The molecule has 110 valence electrons. The van der Waals surface area contributed by atoms with Gasteiger partial charge in [-0.3, -0.25) is 4.79 Å². The summed E-state index contributed by atoms with van der Waals surface area (Å²) in [5, 5.41) is 3.53. The van der Waals surface area contributed by atoms with Crippen LogP contribution in [0, 0.1) is 0 Å². The van der Waals surface area contributed by atoms with E-state index in [1.807, 2.05) is 55.5 Å². The van der Waals surface area contributed by atoms with E-state index in [4.69, 9.17) is 17.3 Å². The normalized spacial score (nSPS) is 12.0. The summed E-state index contributed by atoms with van der Waals surface area (Å²) in [6.45, 7) is 1.88. The highest BCUT2D eigenvalue weighted by molar-refractivity contribution is 7.99. The molecule has 2 rings (SSSR count). The van der Waals surface area contributed by atoms with Crippen molar-refractivity contribution in [3.63, 3.8) is 0 Å². The molecule has 2 aromatic carbocycles. The minimum absolute atomic E-state index is 0.164. The van der Waals surface area contributed by atoms with E-state index in [1.54, 1.807) is 11.8 Å². The van der Waals surface area contributed by atoms with E-state index in [9.17, 15) is 4.79 Å². The van der Waals surface area contributed by atoms with Crippen LogP contribution >= 0.6 is 23.4 Å². The molecule has 1 atom stereocenters. The quantitative estimate of drug-likeness (QED) is 0.869. The molecule has 2 aromatic rings. The van der Waals surface area contributed by atoms with Gasteiger partial charge in [-0.2, -0.15) is 0 Å². The smallest absolute Gasteiger partial charge is 0.241 e. The maximum absolute atomic E-state index is 11.8. The molecule has 5 heteroatoms. The Morgan fingerprint density at radius 3 is 2.57 bits per heavy atom. The van der Waals surface area contributed by atoms with Crippen molar-refractivity contribution in [2.45, 2.75) is 29.2 Å². The number of hydrogen-bond donors (Lipinski definition) is 2. The zero-order valence-corrected chi connectivity index (χ0v) is 13.2. The maximum atomic E-state index is 11.8. The van der Waals surface area contributed by atoms with Crippen molar-refractivity contribution in [2.24, 2.45) is 5.73 Å². The maximum Gasteiger partial charge on any atom is 0.241 e. The fraction of sp³-hybridized carbons (Fsp3) is 0.188. The van der Waals surface area contributed by atoms with Crippen LogP contribution in [0.5, 0.6) is 0 Å². The fourth-order valence-corrected chi connectivity index (χ4v) is 2.92. The summed E-state index contributed by atoms with van der Waals surface area (Å²) in [6, 6.07) is 14.8. The molecule has 1 unspecified atom stereocenters. The lowest BCUT2D eigenvalue weighted by molar-refractivity contribution is -0.117. The molecule has 0 aromatic heterocycles. The second-order valence-corrected chi connectivity index (χ2v) is 6.17. The summed E-state index contributed by atoms with van der Waals surface area (Å²) in [6.07, 6.45) is 0.614. The Labute approximate surface area is 133 Å².